The van der Waals surface area contributed by atoms with Crippen LogP contribution in [0.3, 0.4) is 0 Å². The first-order chi connectivity index (χ1) is 18.8. The zero-order chi connectivity index (χ0) is 28.1. The normalized spacial score (nSPS) is 15.2. The van der Waals surface area contributed by atoms with Gasteiger partial charge in [0.05, 0.1) is 48.8 Å². The van der Waals surface area contributed by atoms with Gasteiger partial charge in [0.2, 0.25) is 0 Å². The van der Waals surface area contributed by atoms with Crippen molar-refractivity contribution < 1.29 is 23.7 Å². The van der Waals surface area contributed by atoms with E-state index in [1.54, 1.807) is 31.6 Å². The number of fused-ring (bicyclic) bond motifs is 1. The van der Waals surface area contributed by atoms with E-state index in [1.807, 2.05) is 49.4 Å². The molecule has 0 saturated heterocycles. The summed E-state index contributed by atoms with van der Waals surface area (Å²) in [6, 6.07) is 12.3. The number of carbonyl (C=O) groups is 1. The molecule has 0 radical (unpaired) electrons. The van der Waals surface area contributed by atoms with E-state index in [4.69, 9.17) is 18.9 Å². The van der Waals surface area contributed by atoms with Crippen molar-refractivity contribution in [3.63, 3.8) is 0 Å². The molecule has 0 aliphatic carbocycles. The molecular weight excluding hydrogens is 516 g/mol. The largest absolute Gasteiger partial charge is 0.494 e. The Morgan fingerprint density at radius 3 is 2.46 bits per heavy atom. The van der Waals surface area contributed by atoms with Gasteiger partial charge >= 0.3 is 5.97 Å². The Kier molecular flexibility index (Phi) is 8.91. The summed E-state index contributed by atoms with van der Waals surface area (Å²) in [5.41, 5.74) is 2.16. The molecule has 0 fully saturated rings. The first-order valence-electron chi connectivity index (χ1n) is 13.0. The van der Waals surface area contributed by atoms with Gasteiger partial charge in [0.15, 0.2) is 16.3 Å². The maximum Gasteiger partial charge on any atom is 0.338 e. The quantitative estimate of drug-likeness (QED) is 0.351. The predicted octanol–water partition coefficient (Wildman–Crippen LogP) is 4.24. The molecule has 0 amide bonds. The highest BCUT2D eigenvalue weighted by Crippen LogP contribution is 2.32. The highest BCUT2D eigenvalue weighted by molar-refractivity contribution is 7.07. The van der Waals surface area contributed by atoms with Crippen LogP contribution in [0.25, 0.3) is 6.08 Å². The van der Waals surface area contributed by atoms with Gasteiger partial charge in [-0.15, -0.1) is 0 Å². The number of methoxy groups -OCH3 is 1. The Morgan fingerprint density at radius 1 is 1.08 bits per heavy atom. The monoisotopic (exact) mass is 550 g/mol. The van der Waals surface area contributed by atoms with Gasteiger partial charge in [-0.3, -0.25) is 9.36 Å². The zero-order valence-electron chi connectivity index (χ0n) is 23.1. The summed E-state index contributed by atoms with van der Waals surface area (Å²) in [5.74, 6) is 1.83. The standard InChI is InChI=1S/C30H34N2O6S/c1-7-36-22-12-10-21(11-13-22)27-26(29(34)37-8-2)19(5)31-30-32(27)28(33)25(39-30)16-20-9-14-23(24(15-20)35-6)38-17-18(3)4/h9-16,18,27H,7-8,17H2,1-6H3/b25-16+/t27-/m1/s1. The lowest BCUT2D eigenvalue weighted by Gasteiger charge is -2.24. The summed E-state index contributed by atoms with van der Waals surface area (Å²) < 4.78 is 24.4. The summed E-state index contributed by atoms with van der Waals surface area (Å²) in [4.78, 5) is 32.0. The van der Waals surface area contributed by atoms with Crippen LogP contribution in [0, 0.1) is 5.92 Å². The van der Waals surface area contributed by atoms with Crippen LogP contribution in [0.4, 0.5) is 0 Å². The number of aromatic nitrogens is 1. The second kappa shape index (κ2) is 12.3. The second-order valence-corrected chi connectivity index (χ2v) is 10.4. The van der Waals surface area contributed by atoms with Crippen LogP contribution in [-0.4, -0.2) is 37.5 Å². The Balaban J connectivity index is 1.83. The first kappa shape index (κ1) is 28.2. The van der Waals surface area contributed by atoms with Crippen LogP contribution in [0.2, 0.25) is 0 Å². The van der Waals surface area contributed by atoms with Crippen LogP contribution in [-0.2, 0) is 9.53 Å². The molecule has 0 N–H and O–H groups in total. The Hall–Kier alpha value is -3.85. The molecule has 1 aliphatic rings. The molecule has 4 rings (SSSR count). The molecule has 0 saturated carbocycles. The van der Waals surface area contributed by atoms with E-state index < -0.39 is 12.0 Å². The molecule has 1 aromatic heterocycles. The average Bonchev–Trinajstić information content (AvgIpc) is 3.21. The van der Waals surface area contributed by atoms with E-state index in [-0.39, 0.29) is 12.2 Å². The second-order valence-electron chi connectivity index (χ2n) is 9.42. The number of rotatable bonds is 10. The summed E-state index contributed by atoms with van der Waals surface area (Å²) in [5, 5.41) is 0. The smallest absolute Gasteiger partial charge is 0.338 e. The van der Waals surface area contributed by atoms with Crippen molar-refractivity contribution in [3.05, 3.63) is 84.5 Å². The number of carbonyl (C=O) groups excluding carboxylic acids is 1. The number of ether oxygens (including phenoxy) is 4. The minimum atomic E-state index is -0.681. The van der Waals surface area contributed by atoms with Gasteiger partial charge in [-0.2, -0.15) is 0 Å². The summed E-state index contributed by atoms with van der Waals surface area (Å²) >= 11 is 1.27. The molecule has 9 heteroatoms. The van der Waals surface area contributed by atoms with Gasteiger partial charge in [-0.05, 0) is 68.2 Å². The van der Waals surface area contributed by atoms with E-state index in [0.717, 1.165) is 11.1 Å². The molecule has 0 unspecified atom stereocenters. The minimum absolute atomic E-state index is 0.217. The third-order valence-electron chi connectivity index (χ3n) is 6.08. The van der Waals surface area contributed by atoms with E-state index in [9.17, 15) is 9.59 Å². The van der Waals surface area contributed by atoms with Gasteiger partial charge in [-0.25, -0.2) is 9.79 Å². The molecule has 39 heavy (non-hydrogen) atoms. The van der Waals surface area contributed by atoms with Gasteiger partial charge in [0.25, 0.3) is 5.56 Å². The maximum absolute atomic E-state index is 13.8. The Bertz CT molecular complexity index is 1550. The van der Waals surface area contributed by atoms with Crippen molar-refractivity contribution in [2.24, 2.45) is 10.9 Å². The third-order valence-corrected chi connectivity index (χ3v) is 7.06. The van der Waals surface area contributed by atoms with Gasteiger partial charge in [-0.1, -0.05) is 43.4 Å². The van der Waals surface area contributed by atoms with E-state index in [1.165, 1.54) is 11.3 Å². The van der Waals surface area contributed by atoms with E-state index >= 15 is 0 Å². The molecule has 1 aliphatic heterocycles. The van der Waals surface area contributed by atoms with E-state index in [0.29, 0.717) is 57.0 Å². The molecule has 1 atom stereocenters. The van der Waals surface area contributed by atoms with Crippen molar-refractivity contribution in [1.82, 2.24) is 4.57 Å². The number of hydrogen-bond acceptors (Lipinski definition) is 8. The van der Waals surface area contributed by atoms with Crippen molar-refractivity contribution in [2.75, 3.05) is 26.9 Å². The van der Waals surface area contributed by atoms with Gasteiger partial charge in [0.1, 0.15) is 5.75 Å². The minimum Gasteiger partial charge on any atom is -0.494 e. The molecule has 206 valence electrons. The van der Waals surface area contributed by atoms with E-state index in [2.05, 4.69) is 18.8 Å². The summed E-state index contributed by atoms with van der Waals surface area (Å²) in [6.07, 6.45) is 1.80. The molecule has 3 aromatic rings. The van der Waals surface area contributed by atoms with Crippen LogP contribution >= 0.6 is 11.3 Å². The molecule has 2 aromatic carbocycles. The molecule has 2 heterocycles. The molecule has 0 spiro atoms. The third kappa shape index (κ3) is 6.09. The fourth-order valence-electron chi connectivity index (χ4n) is 4.32. The Morgan fingerprint density at radius 2 is 1.82 bits per heavy atom. The number of benzene rings is 2. The number of thiazole rings is 1. The first-order valence-corrected chi connectivity index (χ1v) is 13.8. The number of esters is 1. The molecule has 0 bridgehead atoms. The summed E-state index contributed by atoms with van der Waals surface area (Å²) in [7, 11) is 1.59. The van der Waals surface area contributed by atoms with Gasteiger partial charge in [0, 0.05) is 0 Å². The summed E-state index contributed by atoms with van der Waals surface area (Å²) in [6.45, 7) is 10.9. The van der Waals surface area contributed by atoms with Crippen molar-refractivity contribution in [1.29, 1.82) is 0 Å². The number of allylic oxidation sites excluding steroid dienone is 1. The highest BCUT2D eigenvalue weighted by atomic mass is 32.1. The maximum atomic E-state index is 13.8. The lowest BCUT2D eigenvalue weighted by atomic mass is 9.96. The number of nitrogens with zero attached hydrogens (tertiary/aromatic N) is 2. The lowest BCUT2D eigenvalue weighted by molar-refractivity contribution is -0.139. The lowest BCUT2D eigenvalue weighted by Crippen LogP contribution is -2.39. The molecular formula is C30H34N2O6S. The number of hydrogen-bond donors (Lipinski definition) is 0. The average molecular weight is 551 g/mol. The van der Waals surface area contributed by atoms with Crippen molar-refractivity contribution in [2.45, 2.75) is 40.7 Å². The Labute approximate surface area is 231 Å². The topological polar surface area (TPSA) is 88.4 Å². The van der Waals surface area contributed by atoms with Crippen molar-refractivity contribution in [3.8, 4) is 17.2 Å². The van der Waals surface area contributed by atoms with Crippen LogP contribution in [0.15, 0.2) is 63.5 Å². The predicted molar refractivity (Wildman–Crippen MR) is 151 cm³/mol. The van der Waals surface area contributed by atoms with Crippen LogP contribution < -0.4 is 29.1 Å². The van der Waals surface area contributed by atoms with Gasteiger partial charge < -0.3 is 18.9 Å². The van der Waals surface area contributed by atoms with Crippen LogP contribution in [0.1, 0.15) is 51.8 Å². The fourth-order valence-corrected chi connectivity index (χ4v) is 5.37. The fraction of sp³-hybridized carbons (Fsp3) is 0.367. The molecule has 8 nitrogen and oxygen atoms in total. The van der Waals surface area contributed by atoms with Crippen LogP contribution in [0.5, 0.6) is 17.2 Å². The zero-order valence-corrected chi connectivity index (χ0v) is 24.0. The van der Waals surface area contributed by atoms with Crippen molar-refractivity contribution >= 4 is 23.4 Å². The SMILES string of the molecule is CCOC(=O)C1=C(C)N=c2s/c(=C/c3ccc(OCC(C)C)c(OC)c3)c(=O)n2[C@@H]1c1ccc(OCC)cc1. The highest BCUT2D eigenvalue weighted by Gasteiger charge is 2.33.